The smallest absolute Gasteiger partial charge is 0.229 e. The molecule has 3 N–H and O–H groups in total. The van der Waals surface area contributed by atoms with Gasteiger partial charge in [-0.2, -0.15) is 0 Å². The molecule has 0 aliphatic carbocycles. The van der Waals surface area contributed by atoms with Crippen LogP contribution in [-0.4, -0.2) is 61.8 Å². The fraction of sp³-hybridized carbons (Fsp3) is 0.409. The molecule has 1 fully saturated rings. The van der Waals surface area contributed by atoms with Gasteiger partial charge in [-0.15, -0.1) is 0 Å². The minimum absolute atomic E-state index is 0.355. The Hall–Kier alpha value is -2.78. The molecule has 8 nitrogen and oxygen atoms in total. The Morgan fingerprint density at radius 3 is 2.65 bits per heavy atom. The molecular formula is C22H30N6O2S. The molecule has 1 aromatic carbocycles. The van der Waals surface area contributed by atoms with E-state index in [1.54, 1.807) is 6.07 Å². The average Bonchev–Trinajstić information content (AvgIpc) is 3.09. The van der Waals surface area contributed by atoms with Crippen LogP contribution < -0.4 is 14.9 Å². The third-order valence-corrected chi connectivity index (χ3v) is 5.97. The Kier molecular flexibility index (Phi) is 6.06. The highest BCUT2D eigenvalue weighted by molar-refractivity contribution is 7.92. The minimum Gasteiger partial charge on any atom is -0.380 e. The van der Waals surface area contributed by atoms with Crippen molar-refractivity contribution in [3.8, 4) is 0 Å². The van der Waals surface area contributed by atoms with Crippen LogP contribution in [0.4, 0.5) is 17.2 Å². The van der Waals surface area contributed by atoms with Crippen LogP contribution in [0.15, 0.2) is 42.7 Å². The molecule has 0 spiro atoms. The number of hydrogen-bond acceptors (Lipinski definition) is 6. The molecule has 0 saturated carbocycles. The molecule has 0 atom stereocenters. The summed E-state index contributed by atoms with van der Waals surface area (Å²) in [6.45, 7) is 8.77. The highest BCUT2D eigenvalue weighted by atomic mass is 32.2. The van der Waals surface area contributed by atoms with Crippen molar-refractivity contribution in [2.45, 2.75) is 26.4 Å². The van der Waals surface area contributed by atoms with Crippen LogP contribution in [0.2, 0.25) is 0 Å². The van der Waals surface area contributed by atoms with Gasteiger partial charge in [0.2, 0.25) is 10.0 Å². The zero-order valence-electron chi connectivity index (χ0n) is 18.2. The summed E-state index contributed by atoms with van der Waals surface area (Å²) in [5.41, 5.74) is 3.83. The van der Waals surface area contributed by atoms with Gasteiger partial charge in [-0.25, -0.2) is 13.4 Å². The highest BCUT2D eigenvalue weighted by Gasteiger charge is 2.21. The maximum Gasteiger partial charge on any atom is 0.229 e. The molecule has 9 heteroatoms. The molecular weight excluding hydrogens is 412 g/mol. The molecule has 166 valence electrons. The predicted molar refractivity (Wildman–Crippen MR) is 127 cm³/mol. The van der Waals surface area contributed by atoms with Crippen LogP contribution in [0.1, 0.15) is 19.4 Å². The van der Waals surface area contributed by atoms with E-state index in [1.165, 1.54) is 11.8 Å². The number of piperazine rings is 1. The maximum atomic E-state index is 11.6. The number of fused-ring (bicyclic) bond motifs is 1. The minimum atomic E-state index is -3.30. The number of aromatic amines is 1. The first kappa shape index (κ1) is 21.5. The number of anilines is 3. The molecule has 0 amide bonds. The molecule has 0 unspecified atom stereocenters. The Morgan fingerprint density at radius 1 is 1.16 bits per heavy atom. The van der Waals surface area contributed by atoms with E-state index < -0.39 is 10.0 Å². The average molecular weight is 443 g/mol. The summed E-state index contributed by atoms with van der Waals surface area (Å²) < 4.78 is 25.7. The molecule has 3 heterocycles. The molecule has 0 bridgehead atoms. The number of sulfonamides is 1. The first-order chi connectivity index (χ1) is 14.8. The number of H-pyrrole nitrogens is 1. The van der Waals surface area contributed by atoms with Crippen molar-refractivity contribution in [2.24, 2.45) is 0 Å². The lowest BCUT2D eigenvalue weighted by molar-refractivity contribution is 0.250. The van der Waals surface area contributed by atoms with E-state index in [0.29, 0.717) is 11.7 Å². The quantitative estimate of drug-likeness (QED) is 0.521. The van der Waals surface area contributed by atoms with Crippen molar-refractivity contribution >= 4 is 38.1 Å². The largest absolute Gasteiger partial charge is 0.380 e. The van der Waals surface area contributed by atoms with E-state index in [1.807, 2.05) is 30.6 Å². The van der Waals surface area contributed by atoms with Crippen LogP contribution in [0, 0.1) is 0 Å². The lowest BCUT2D eigenvalue weighted by Gasteiger charge is -2.36. The Morgan fingerprint density at radius 2 is 1.94 bits per heavy atom. The lowest BCUT2D eigenvalue weighted by atomic mass is 10.1. The van der Waals surface area contributed by atoms with E-state index in [9.17, 15) is 8.42 Å². The van der Waals surface area contributed by atoms with Gasteiger partial charge >= 0.3 is 0 Å². The fourth-order valence-corrected chi connectivity index (χ4v) is 4.57. The lowest BCUT2D eigenvalue weighted by Crippen LogP contribution is -2.46. The van der Waals surface area contributed by atoms with Crippen LogP contribution >= 0.6 is 0 Å². The number of nitrogens with zero attached hydrogens (tertiary/aromatic N) is 3. The van der Waals surface area contributed by atoms with Crippen molar-refractivity contribution < 1.29 is 8.42 Å². The highest BCUT2D eigenvalue weighted by Crippen LogP contribution is 2.27. The summed E-state index contributed by atoms with van der Waals surface area (Å²) in [6, 6.07) is 9.99. The van der Waals surface area contributed by atoms with Crippen molar-refractivity contribution in [3.05, 3.63) is 48.3 Å². The summed E-state index contributed by atoms with van der Waals surface area (Å²) in [5, 5.41) is 4.53. The molecule has 4 rings (SSSR count). The van der Waals surface area contributed by atoms with Gasteiger partial charge in [0, 0.05) is 67.7 Å². The first-order valence-electron chi connectivity index (χ1n) is 10.5. The zero-order valence-corrected chi connectivity index (χ0v) is 19.0. The van der Waals surface area contributed by atoms with Crippen LogP contribution in [0.3, 0.4) is 0 Å². The third kappa shape index (κ3) is 5.29. The van der Waals surface area contributed by atoms with Gasteiger partial charge in [0.1, 0.15) is 0 Å². The second-order valence-corrected chi connectivity index (χ2v) is 10.1. The SMILES string of the molecule is CC(C)Nc1cccnc1N1CCN(Cc2c[nH]c3ccc(NS(C)(=O)=O)cc23)CC1. The molecule has 1 saturated heterocycles. The van der Waals surface area contributed by atoms with Crippen LogP contribution in [-0.2, 0) is 16.6 Å². The van der Waals surface area contributed by atoms with Gasteiger partial charge in [-0.05, 0) is 49.7 Å². The first-order valence-corrected chi connectivity index (χ1v) is 12.4. The van der Waals surface area contributed by atoms with Gasteiger partial charge in [0.25, 0.3) is 0 Å². The molecule has 1 aliphatic rings. The van der Waals surface area contributed by atoms with E-state index in [4.69, 9.17) is 0 Å². The van der Waals surface area contributed by atoms with Gasteiger partial charge in [-0.3, -0.25) is 9.62 Å². The molecule has 2 aromatic heterocycles. The Labute approximate surface area is 183 Å². The van der Waals surface area contributed by atoms with Crippen molar-refractivity contribution in [3.63, 3.8) is 0 Å². The number of benzene rings is 1. The van der Waals surface area contributed by atoms with Crippen LogP contribution in [0.25, 0.3) is 10.9 Å². The molecule has 0 radical (unpaired) electrons. The Bertz CT molecular complexity index is 1150. The summed E-state index contributed by atoms with van der Waals surface area (Å²) in [6.07, 6.45) is 5.03. The van der Waals surface area contributed by atoms with Crippen molar-refractivity contribution in [1.82, 2.24) is 14.9 Å². The number of rotatable bonds is 7. The number of nitrogens with one attached hydrogen (secondary N) is 3. The standard InChI is InChI=1S/C22H30N6O2S/c1-16(2)25-21-5-4-8-23-22(21)28-11-9-27(10-12-28)15-17-14-24-20-7-6-18(13-19(17)20)26-31(3,29)30/h4-8,13-14,16,24-26H,9-12,15H2,1-3H3. The van der Waals surface area contributed by atoms with Crippen molar-refractivity contribution in [1.29, 1.82) is 0 Å². The fourth-order valence-electron chi connectivity index (χ4n) is 4.02. The zero-order chi connectivity index (χ0) is 22.0. The molecule has 1 aliphatic heterocycles. The summed E-state index contributed by atoms with van der Waals surface area (Å²) in [4.78, 5) is 12.7. The van der Waals surface area contributed by atoms with E-state index >= 15 is 0 Å². The normalized spacial score (nSPS) is 15.5. The number of aromatic nitrogens is 2. The maximum absolute atomic E-state index is 11.6. The summed E-state index contributed by atoms with van der Waals surface area (Å²) in [5.74, 6) is 1.01. The van der Waals surface area contributed by atoms with E-state index in [0.717, 1.165) is 55.1 Å². The summed E-state index contributed by atoms with van der Waals surface area (Å²) >= 11 is 0. The second-order valence-electron chi connectivity index (χ2n) is 8.39. The summed E-state index contributed by atoms with van der Waals surface area (Å²) in [7, 11) is -3.30. The van der Waals surface area contributed by atoms with Crippen LogP contribution in [0.5, 0.6) is 0 Å². The second kappa shape index (κ2) is 8.76. The van der Waals surface area contributed by atoms with Gasteiger partial charge in [0.05, 0.1) is 11.9 Å². The van der Waals surface area contributed by atoms with Gasteiger partial charge < -0.3 is 15.2 Å². The van der Waals surface area contributed by atoms with Crippen molar-refractivity contribution in [2.75, 3.05) is 47.4 Å². The monoisotopic (exact) mass is 442 g/mol. The van der Waals surface area contributed by atoms with Gasteiger partial charge in [-0.1, -0.05) is 0 Å². The van der Waals surface area contributed by atoms with Gasteiger partial charge in [0.15, 0.2) is 5.82 Å². The number of hydrogen-bond donors (Lipinski definition) is 3. The Balaban J connectivity index is 1.44. The molecule has 31 heavy (non-hydrogen) atoms. The van der Waals surface area contributed by atoms with E-state index in [2.05, 4.69) is 49.7 Å². The van der Waals surface area contributed by atoms with E-state index in [-0.39, 0.29) is 0 Å². The predicted octanol–water partition coefficient (Wildman–Crippen LogP) is 3.08. The molecule has 3 aromatic rings. The topological polar surface area (TPSA) is 93.4 Å². The number of pyridine rings is 1. The third-order valence-electron chi connectivity index (χ3n) is 5.37.